The lowest BCUT2D eigenvalue weighted by Gasteiger charge is -2.17. The number of nitrogens with one attached hydrogen (secondary N) is 2. The maximum atomic E-state index is 12.1. The fraction of sp³-hybridized carbons (Fsp3) is 0.562. The van der Waals surface area contributed by atoms with E-state index < -0.39 is 0 Å². The number of carbonyl (C=O) groups excluding carboxylic acids is 1. The minimum Gasteiger partial charge on any atom is -0.378 e. The summed E-state index contributed by atoms with van der Waals surface area (Å²) in [5.74, 6) is 0.0244. The molecule has 4 heteroatoms. The third-order valence-corrected chi connectivity index (χ3v) is 4.13. The van der Waals surface area contributed by atoms with Gasteiger partial charge in [-0.1, -0.05) is 6.07 Å². The predicted molar refractivity (Wildman–Crippen MR) is 77.8 cm³/mol. The van der Waals surface area contributed by atoms with Crippen molar-refractivity contribution in [1.29, 1.82) is 0 Å². The van der Waals surface area contributed by atoms with E-state index in [1.54, 1.807) is 0 Å². The van der Waals surface area contributed by atoms with Crippen LogP contribution in [0.25, 0.3) is 0 Å². The summed E-state index contributed by atoms with van der Waals surface area (Å²) in [5.41, 5.74) is 3.38. The number of carbonyl (C=O) groups is 1. The number of rotatable bonds is 4. The average Bonchev–Trinajstić information content (AvgIpc) is 3.00. The normalized spacial score (nSPS) is 21.5. The smallest absolute Gasteiger partial charge is 0.251 e. The molecule has 2 aliphatic heterocycles. The van der Waals surface area contributed by atoms with Crippen molar-refractivity contribution in [3.63, 3.8) is 0 Å². The van der Waals surface area contributed by atoms with Crippen molar-refractivity contribution in [2.24, 2.45) is 0 Å². The van der Waals surface area contributed by atoms with Crippen LogP contribution in [0, 0.1) is 0 Å². The molecule has 3 rings (SSSR count). The molecular formula is C16H22N2O2. The molecule has 0 bridgehead atoms. The third-order valence-electron chi connectivity index (χ3n) is 4.13. The van der Waals surface area contributed by atoms with Crippen molar-refractivity contribution < 1.29 is 9.53 Å². The average molecular weight is 274 g/mol. The summed E-state index contributed by atoms with van der Waals surface area (Å²) < 4.78 is 5.56. The highest BCUT2D eigenvalue weighted by molar-refractivity contribution is 5.94. The van der Waals surface area contributed by atoms with Crippen LogP contribution in [0.4, 0.5) is 0 Å². The van der Waals surface area contributed by atoms with Gasteiger partial charge in [0.25, 0.3) is 5.91 Å². The van der Waals surface area contributed by atoms with Crippen LogP contribution in [0.1, 0.15) is 40.7 Å². The Morgan fingerprint density at radius 2 is 2.35 bits per heavy atom. The van der Waals surface area contributed by atoms with E-state index in [2.05, 4.69) is 16.7 Å². The topological polar surface area (TPSA) is 50.4 Å². The zero-order chi connectivity index (χ0) is 13.8. The molecule has 1 amide bonds. The molecule has 1 atom stereocenters. The quantitative estimate of drug-likeness (QED) is 0.877. The van der Waals surface area contributed by atoms with Gasteiger partial charge < -0.3 is 15.4 Å². The molecule has 0 aliphatic carbocycles. The second-order valence-electron chi connectivity index (χ2n) is 5.59. The Kier molecular flexibility index (Phi) is 4.33. The first kappa shape index (κ1) is 13.6. The van der Waals surface area contributed by atoms with Gasteiger partial charge >= 0.3 is 0 Å². The minimum absolute atomic E-state index is 0.0244. The van der Waals surface area contributed by atoms with Crippen molar-refractivity contribution in [1.82, 2.24) is 10.6 Å². The largest absolute Gasteiger partial charge is 0.378 e. The van der Waals surface area contributed by atoms with Gasteiger partial charge in [0, 0.05) is 25.3 Å². The van der Waals surface area contributed by atoms with Crippen LogP contribution in [0.2, 0.25) is 0 Å². The van der Waals surface area contributed by atoms with Crippen LogP contribution in [0.3, 0.4) is 0 Å². The molecule has 2 aliphatic rings. The molecule has 1 aromatic rings. The maximum absolute atomic E-state index is 12.1. The molecular weight excluding hydrogens is 252 g/mol. The molecule has 2 N–H and O–H groups in total. The van der Waals surface area contributed by atoms with Gasteiger partial charge in [0.1, 0.15) is 0 Å². The molecule has 1 aromatic carbocycles. The first-order valence-corrected chi connectivity index (χ1v) is 7.55. The van der Waals surface area contributed by atoms with Crippen LogP contribution < -0.4 is 10.6 Å². The fourth-order valence-corrected chi connectivity index (χ4v) is 2.94. The highest BCUT2D eigenvalue weighted by Crippen LogP contribution is 2.16. The fourth-order valence-electron chi connectivity index (χ4n) is 2.94. The SMILES string of the molecule is O=C(NCCC1CCCO1)c1ccc2c(c1)CNCC2. The van der Waals surface area contributed by atoms with E-state index in [0.717, 1.165) is 50.9 Å². The van der Waals surface area contributed by atoms with E-state index in [-0.39, 0.29) is 5.91 Å². The van der Waals surface area contributed by atoms with E-state index in [9.17, 15) is 4.79 Å². The first-order valence-electron chi connectivity index (χ1n) is 7.55. The molecule has 2 heterocycles. The zero-order valence-electron chi connectivity index (χ0n) is 11.8. The summed E-state index contributed by atoms with van der Waals surface area (Å²) in [4.78, 5) is 12.1. The number of ether oxygens (including phenoxy) is 1. The van der Waals surface area contributed by atoms with E-state index in [1.165, 1.54) is 11.1 Å². The second-order valence-corrected chi connectivity index (χ2v) is 5.59. The monoisotopic (exact) mass is 274 g/mol. The lowest BCUT2D eigenvalue weighted by molar-refractivity contribution is 0.0907. The summed E-state index contributed by atoms with van der Waals surface area (Å²) in [6.07, 6.45) is 4.58. The van der Waals surface area contributed by atoms with Crippen LogP contribution >= 0.6 is 0 Å². The summed E-state index contributed by atoms with van der Waals surface area (Å²) in [6, 6.07) is 6.04. The van der Waals surface area contributed by atoms with Gasteiger partial charge in [-0.3, -0.25) is 4.79 Å². The van der Waals surface area contributed by atoms with Gasteiger partial charge in [-0.25, -0.2) is 0 Å². The molecule has 1 saturated heterocycles. The second kappa shape index (κ2) is 6.37. The molecule has 20 heavy (non-hydrogen) atoms. The Morgan fingerprint density at radius 1 is 1.40 bits per heavy atom. The number of amides is 1. The van der Waals surface area contributed by atoms with Crippen molar-refractivity contribution in [3.8, 4) is 0 Å². The maximum Gasteiger partial charge on any atom is 0.251 e. The van der Waals surface area contributed by atoms with Gasteiger partial charge in [0.2, 0.25) is 0 Å². The number of hydrogen-bond acceptors (Lipinski definition) is 3. The molecule has 108 valence electrons. The zero-order valence-corrected chi connectivity index (χ0v) is 11.8. The van der Waals surface area contributed by atoms with Crippen molar-refractivity contribution in [2.45, 2.75) is 38.3 Å². The minimum atomic E-state index is 0.0244. The predicted octanol–water partition coefficient (Wildman–Crippen LogP) is 1.63. The van der Waals surface area contributed by atoms with E-state index >= 15 is 0 Å². The van der Waals surface area contributed by atoms with Crippen molar-refractivity contribution in [2.75, 3.05) is 19.7 Å². The third kappa shape index (κ3) is 3.19. The summed E-state index contributed by atoms with van der Waals surface area (Å²) >= 11 is 0. The van der Waals surface area contributed by atoms with E-state index in [0.29, 0.717) is 12.6 Å². The van der Waals surface area contributed by atoms with E-state index in [1.807, 2.05) is 12.1 Å². The van der Waals surface area contributed by atoms with Gasteiger partial charge in [0.05, 0.1) is 6.10 Å². The number of fused-ring (bicyclic) bond motifs is 1. The lowest BCUT2D eigenvalue weighted by Crippen LogP contribution is -2.28. The Bertz CT molecular complexity index is 481. The summed E-state index contributed by atoms with van der Waals surface area (Å²) in [7, 11) is 0. The van der Waals surface area contributed by atoms with Gasteiger partial charge in [0.15, 0.2) is 0 Å². The van der Waals surface area contributed by atoms with Crippen LogP contribution in [-0.4, -0.2) is 31.7 Å². The Hall–Kier alpha value is -1.39. The van der Waals surface area contributed by atoms with Gasteiger partial charge in [-0.05, 0) is 55.5 Å². The van der Waals surface area contributed by atoms with Gasteiger partial charge in [-0.2, -0.15) is 0 Å². The molecule has 1 fully saturated rings. The van der Waals surface area contributed by atoms with Crippen LogP contribution in [-0.2, 0) is 17.7 Å². The molecule has 0 spiro atoms. The van der Waals surface area contributed by atoms with E-state index in [4.69, 9.17) is 4.74 Å². The van der Waals surface area contributed by atoms with Crippen molar-refractivity contribution in [3.05, 3.63) is 34.9 Å². The highest BCUT2D eigenvalue weighted by atomic mass is 16.5. The first-order chi connectivity index (χ1) is 9.83. The highest BCUT2D eigenvalue weighted by Gasteiger charge is 2.16. The number of hydrogen-bond donors (Lipinski definition) is 2. The molecule has 4 nitrogen and oxygen atoms in total. The Labute approximate surface area is 119 Å². The summed E-state index contributed by atoms with van der Waals surface area (Å²) in [5, 5.41) is 6.33. The van der Waals surface area contributed by atoms with Gasteiger partial charge in [-0.15, -0.1) is 0 Å². The number of benzene rings is 1. The molecule has 0 aromatic heterocycles. The van der Waals surface area contributed by atoms with Crippen LogP contribution in [0.5, 0.6) is 0 Å². The van der Waals surface area contributed by atoms with Crippen molar-refractivity contribution >= 4 is 5.91 Å². The standard InChI is InChI=1S/C16H22N2O2/c19-16(18-8-6-15-2-1-9-20-15)13-4-3-12-5-7-17-11-14(12)10-13/h3-4,10,15,17H,1-2,5-9,11H2,(H,18,19). The molecule has 0 radical (unpaired) electrons. The Balaban J connectivity index is 1.53. The molecule has 1 unspecified atom stereocenters. The summed E-state index contributed by atoms with van der Waals surface area (Å²) in [6.45, 7) is 3.46. The lowest BCUT2D eigenvalue weighted by atomic mass is 9.98. The Morgan fingerprint density at radius 3 is 3.20 bits per heavy atom. The molecule has 0 saturated carbocycles. The van der Waals surface area contributed by atoms with Crippen LogP contribution in [0.15, 0.2) is 18.2 Å².